The van der Waals surface area contributed by atoms with Crippen molar-refractivity contribution in [2.45, 2.75) is 6.42 Å². The van der Waals surface area contributed by atoms with Crippen molar-refractivity contribution in [2.75, 3.05) is 31.7 Å². The van der Waals surface area contributed by atoms with Gasteiger partial charge in [0, 0.05) is 24.8 Å². The minimum atomic E-state index is -0.591. The molecule has 2 aliphatic heterocycles. The van der Waals surface area contributed by atoms with Crippen molar-refractivity contribution >= 4 is 23.2 Å². The van der Waals surface area contributed by atoms with Gasteiger partial charge in [-0.25, -0.2) is 4.79 Å². The van der Waals surface area contributed by atoms with Gasteiger partial charge >= 0.3 is 6.03 Å². The summed E-state index contributed by atoms with van der Waals surface area (Å²) in [4.78, 5) is 26.2. The van der Waals surface area contributed by atoms with E-state index >= 15 is 0 Å². The Morgan fingerprint density at radius 3 is 2.62 bits per heavy atom. The first-order chi connectivity index (χ1) is 14.1. The van der Waals surface area contributed by atoms with Crippen LogP contribution in [-0.2, 0) is 4.79 Å². The molecule has 0 bridgehead atoms. The van der Waals surface area contributed by atoms with Gasteiger partial charge in [0.15, 0.2) is 11.5 Å². The molecule has 0 saturated heterocycles. The van der Waals surface area contributed by atoms with Gasteiger partial charge in [-0.15, -0.1) is 0 Å². The predicted molar refractivity (Wildman–Crippen MR) is 107 cm³/mol. The van der Waals surface area contributed by atoms with Gasteiger partial charge < -0.3 is 19.9 Å². The molecule has 0 radical (unpaired) electrons. The van der Waals surface area contributed by atoms with E-state index in [0.717, 1.165) is 12.0 Å². The van der Waals surface area contributed by atoms with E-state index in [2.05, 4.69) is 16.7 Å². The molecular weight excluding hydrogens is 374 g/mol. The Balaban J connectivity index is 1.25. The van der Waals surface area contributed by atoms with Crippen LogP contribution in [0.3, 0.4) is 0 Å². The number of fused-ring (bicyclic) bond motifs is 1. The Labute approximate surface area is 167 Å². The van der Waals surface area contributed by atoms with E-state index in [0.29, 0.717) is 30.3 Å². The van der Waals surface area contributed by atoms with E-state index in [4.69, 9.17) is 9.47 Å². The Hall–Kier alpha value is -3.52. The number of hydrogen-bond donors (Lipinski definition) is 3. The van der Waals surface area contributed by atoms with Crippen molar-refractivity contribution in [3.05, 3.63) is 54.1 Å². The summed E-state index contributed by atoms with van der Waals surface area (Å²) < 4.78 is 10.5. The Morgan fingerprint density at radius 2 is 1.86 bits per heavy atom. The minimum absolute atomic E-state index is 0.133. The van der Waals surface area contributed by atoms with Crippen molar-refractivity contribution in [3.8, 4) is 17.2 Å². The van der Waals surface area contributed by atoms with Gasteiger partial charge in [0.05, 0.1) is 6.54 Å². The van der Waals surface area contributed by atoms with E-state index in [1.807, 2.05) is 17.0 Å². The number of anilines is 1. The SMILES string of the molecule is O=C(CN1CC=C(c2ccc(O)cc2)CC1)NC(=O)Nc1ccc2c(c1)OCO2. The first kappa shape index (κ1) is 18.8. The zero-order valence-electron chi connectivity index (χ0n) is 15.7. The molecular formula is C21H21N3O5. The molecule has 3 amide bonds. The molecule has 8 heteroatoms. The second-order valence-corrected chi connectivity index (χ2v) is 6.83. The molecule has 4 rings (SSSR count). The highest BCUT2D eigenvalue weighted by Crippen LogP contribution is 2.34. The summed E-state index contributed by atoms with van der Waals surface area (Å²) in [5, 5.41) is 14.3. The number of ether oxygens (including phenoxy) is 2. The summed E-state index contributed by atoms with van der Waals surface area (Å²) >= 11 is 0. The number of nitrogens with one attached hydrogen (secondary N) is 2. The fourth-order valence-corrected chi connectivity index (χ4v) is 3.30. The number of carbonyl (C=O) groups excluding carboxylic acids is 2. The number of amides is 3. The molecule has 0 saturated carbocycles. The summed E-state index contributed by atoms with van der Waals surface area (Å²) in [6.07, 6.45) is 2.86. The second kappa shape index (κ2) is 8.24. The zero-order valence-corrected chi connectivity index (χ0v) is 15.7. The fourth-order valence-electron chi connectivity index (χ4n) is 3.30. The number of phenolic OH excluding ortho intramolecular Hbond substituents is 1. The highest BCUT2D eigenvalue weighted by Gasteiger charge is 2.18. The third-order valence-corrected chi connectivity index (χ3v) is 4.78. The smallest absolute Gasteiger partial charge is 0.325 e. The van der Waals surface area contributed by atoms with E-state index in [1.165, 1.54) is 5.57 Å². The number of nitrogens with zero attached hydrogens (tertiary/aromatic N) is 1. The van der Waals surface area contributed by atoms with Gasteiger partial charge in [-0.3, -0.25) is 15.0 Å². The third-order valence-electron chi connectivity index (χ3n) is 4.78. The molecule has 0 fully saturated rings. The van der Waals surface area contributed by atoms with Gasteiger partial charge in [-0.1, -0.05) is 18.2 Å². The number of hydrogen-bond acceptors (Lipinski definition) is 6. The molecule has 2 aromatic rings. The summed E-state index contributed by atoms with van der Waals surface area (Å²) in [5.74, 6) is 1.04. The maximum absolute atomic E-state index is 12.2. The highest BCUT2D eigenvalue weighted by atomic mass is 16.7. The lowest BCUT2D eigenvalue weighted by molar-refractivity contribution is -0.121. The molecule has 150 valence electrons. The Kier molecular flexibility index (Phi) is 5.35. The molecule has 0 aliphatic carbocycles. The number of phenols is 1. The number of aromatic hydroxyl groups is 1. The molecule has 2 aliphatic rings. The number of imide groups is 1. The first-order valence-corrected chi connectivity index (χ1v) is 9.28. The first-order valence-electron chi connectivity index (χ1n) is 9.28. The van der Waals surface area contributed by atoms with Crippen LogP contribution in [0.2, 0.25) is 0 Å². The van der Waals surface area contributed by atoms with Crippen LogP contribution in [0.15, 0.2) is 48.5 Å². The Bertz CT molecular complexity index is 955. The van der Waals surface area contributed by atoms with Crippen LogP contribution in [0.1, 0.15) is 12.0 Å². The molecule has 3 N–H and O–H groups in total. The van der Waals surface area contributed by atoms with Crippen LogP contribution >= 0.6 is 0 Å². The van der Waals surface area contributed by atoms with Crippen LogP contribution in [0.25, 0.3) is 5.57 Å². The van der Waals surface area contributed by atoms with Crippen LogP contribution in [0.4, 0.5) is 10.5 Å². The van der Waals surface area contributed by atoms with E-state index in [9.17, 15) is 14.7 Å². The maximum atomic E-state index is 12.2. The maximum Gasteiger partial charge on any atom is 0.325 e. The molecule has 8 nitrogen and oxygen atoms in total. The standard InChI is InChI=1S/C21H21N3O5/c25-17-4-1-14(2-5-17)15-7-9-24(10-8-15)12-20(26)23-21(27)22-16-3-6-18-19(11-16)29-13-28-18/h1-7,11,25H,8-10,12-13H2,(H2,22,23,26,27). The lowest BCUT2D eigenvalue weighted by Crippen LogP contribution is -2.43. The number of rotatable bonds is 4. The largest absolute Gasteiger partial charge is 0.508 e. The monoisotopic (exact) mass is 395 g/mol. The topological polar surface area (TPSA) is 100 Å². The van der Waals surface area contributed by atoms with Crippen molar-refractivity contribution in [1.29, 1.82) is 0 Å². The lowest BCUT2D eigenvalue weighted by atomic mass is 9.99. The average Bonchev–Trinajstić information content (AvgIpc) is 3.17. The van der Waals surface area contributed by atoms with Gasteiger partial charge in [0.25, 0.3) is 0 Å². The van der Waals surface area contributed by atoms with Crippen LogP contribution in [0.5, 0.6) is 17.2 Å². The van der Waals surface area contributed by atoms with E-state index in [-0.39, 0.29) is 25.0 Å². The van der Waals surface area contributed by atoms with E-state index in [1.54, 1.807) is 30.3 Å². The third kappa shape index (κ3) is 4.67. The number of benzene rings is 2. The van der Waals surface area contributed by atoms with E-state index < -0.39 is 6.03 Å². The molecule has 29 heavy (non-hydrogen) atoms. The fraction of sp³-hybridized carbons (Fsp3) is 0.238. The van der Waals surface area contributed by atoms with Gasteiger partial charge in [-0.05, 0) is 41.8 Å². The number of carbonyl (C=O) groups is 2. The molecule has 0 atom stereocenters. The highest BCUT2D eigenvalue weighted by molar-refractivity contribution is 6.01. The van der Waals surface area contributed by atoms with Crippen molar-refractivity contribution in [2.24, 2.45) is 0 Å². The molecule has 2 heterocycles. The zero-order chi connectivity index (χ0) is 20.2. The molecule has 0 spiro atoms. The predicted octanol–water partition coefficient (Wildman–Crippen LogP) is 2.56. The number of urea groups is 1. The summed E-state index contributed by atoms with van der Waals surface area (Å²) in [6, 6.07) is 11.5. The molecule has 0 unspecified atom stereocenters. The van der Waals surface area contributed by atoms with Crippen LogP contribution in [0, 0.1) is 0 Å². The van der Waals surface area contributed by atoms with Crippen LogP contribution in [-0.4, -0.2) is 48.4 Å². The average molecular weight is 395 g/mol. The summed E-state index contributed by atoms with van der Waals surface area (Å²) in [7, 11) is 0. The van der Waals surface area contributed by atoms with Gasteiger partial charge in [0.2, 0.25) is 12.7 Å². The van der Waals surface area contributed by atoms with Crippen molar-refractivity contribution < 1.29 is 24.2 Å². The minimum Gasteiger partial charge on any atom is -0.508 e. The van der Waals surface area contributed by atoms with Crippen molar-refractivity contribution in [3.63, 3.8) is 0 Å². The quantitative estimate of drug-likeness (QED) is 0.736. The summed E-state index contributed by atoms with van der Waals surface area (Å²) in [6.45, 7) is 1.62. The normalized spacial score (nSPS) is 15.5. The van der Waals surface area contributed by atoms with Crippen molar-refractivity contribution in [1.82, 2.24) is 10.2 Å². The van der Waals surface area contributed by atoms with Gasteiger partial charge in [0.1, 0.15) is 5.75 Å². The lowest BCUT2D eigenvalue weighted by Gasteiger charge is -2.25. The molecule has 2 aromatic carbocycles. The van der Waals surface area contributed by atoms with Crippen LogP contribution < -0.4 is 20.1 Å². The van der Waals surface area contributed by atoms with Gasteiger partial charge in [-0.2, -0.15) is 0 Å². The molecule has 0 aromatic heterocycles. The Morgan fingerprint density at radius 1 is 1.07 bits per heavy atom. The summed E-state index contributed by atoms with van der Waals surface area (Å²) in [5.41, 5.74) is 2.76. The second-order valence-electron chi connectivity index (χ2n) is 6.83.